The minimum absolute atomic E-state index is 0.00408. The van der Waals surface area contributed by atoms with Crippen molar-refractivity contribution >= 4 is 27.8 Å². The number of hydrogen-bond donors (Lipinski definition) is 2. The van der Waals surface area contributed by atoms with E-state index in [0.29, 0.717) is 13.0 Å². The van der Waals surface area contributed by atoms with E-state index in [-0.39, 0.29) is 5.91 Å². The predicted molar refractivity (Wildman–Crippen MR) is 102 cm³/mol. The van der Waals surface area contributed by atoms with Gasteiger partial charge in [-0.25, -0.2) is 4.98 Å². The van der Waals surface area contributed by atoms with E-state index >= 15 is 0 Å². The fraction of sp³-hybridized carbons (Fsp3) is 0.250. The fourth-order valence-electron chi connectivity index (χ4n) is 3.27. The Labute approximate surface area is 151 Å². The Morgan fingerprint density at radius 2 is 1.88 bits per heavy atom. The molecule has 0 radical (unpaired) electrons. The highest BCUT2D eigenvalue weighted by Crippen LogP contribution is 2.16. The van der Waals surface area contributed by atoms with E-state index < -0.39 is 0 Å². The molecular formula is C20H21N5O. The first kappa shape index (κ1) is 16.3. The number of aryl methyl sites for hydroxylation is 2. The number of nitrogens with one attached hydrogen (secondary N) is 2. The minimum atomic E-state index is 0.00408. The zero-order valence-electron chi connectivity index (χ0n) is 14.7. The van der Waals surface area contributed by atoms with Gasteiger partial charge in [0.2, 0.25) is 5.91 Å². The standard InChI is InChI=1S/C20H21N5O/c1-25-18-10-5-4-9-16(18)22-19(25)11-6-12-21-20(26)13-17-14-7-2-3-8-15(14)23-24-17/h2-5,7-10H,6,11-13H2,1H3,(H,21,26)(H,23,24). The molecule has 0 saturated heterocycles. The van der Waals surface area contributed by atoms with Crippen LogP contribution in [-0.4, -0.2) is 32.2 Å². The van der Waals surface area contributed by atoms with Crippen molar-refractivity contribution in [3.05, 3.63) is 60.0 Å². The topological polar surface area (TPSA) is 75.6 Å². The average Bonchev–Trinajstić information content (AvgIpc) is 3.21. The van der Waals surface area contributed by atoms with Gasteiger partial charge in [0.25, 0.3) is 0 Å². The lowest BCUT2D eigenvalue weighted by Crippen LogP contribution is -2.26. The molecule has 0 aliphatic heterocycles. The van der Waals surface area contributed by atoms with Crippen molar-refractivity contribution in [2.24, 2.45) is 7.05 Å². The van der Waals surface area contributed by atoms with E-state index in [1.165, 1.54) is 0 Å². The number of benzene rings is 2. The lowest BCUT2D eigenvalue weighted by Gasteiger charge is -2.05. The first-order valence-corrected chi connectivity index (χ1v) is 8.81. The summed E-state index contributed by atoms with van der Waals surface area (Å²) < 4.78 is 2.12. The van der Waals surface area contributed by atoms with Gasteiger partial charge in [0, 0.05) is 25.4 Å². The minimum Gasteiger partial charge on any atom is -0.356 e. The molecule has 2 heterocycles. The lowest BCUT2D eigenvalue weighted by molar-refractivity contribution is -0.120. The molecule has 2 N–H and O–H groups in total. The smallest absolute Gasteiger partial charge is 0.226 e. The highest BCUT2D eigenvalue weighted by atomic mass is 16.1. The Balaban J connectivity index is 1.30. The number of para-hydroxylation sites is 3. The monoisotopic (exact) mass is 347 g/mol. The molecule has 26 heavy (non-hydrogen) atoms. The summed E-state index contributed by atoms with van der Waals surface area (Å²) in [6.07, 6.45) is 2.00. The summed E-state index contributed by atoms with van der Waals surface area (Å²) in [5.41, 5.74) is 3.89. The normalized spacial score (nSPS) is 11.3. The summed E-state index contributed by atoms with van der Waals surface area (Å²) in [5.74, 6) is 1.05. The molecule has 132 valence electrons. The Morgan fingerprint density at radius 1 is 1.12 bits per heavy atom. The number of carbonyl (C=O) groups excluding carboxylic acids is 1. The van der Waals surface area contributed by atoms with Crippen molar-refractivity contribution in [2.45, 2.75) is 19.3 Å². The third-order valence-electron chi connectivity index (χ3n) is 4.66. The molecule has 4 aromatic rings. The van der Waals surface area contributed by atoms with Crippen LogP contribution in [0.1, 0.15) is 17.9 Å². The van der Waals surface area contributed by atoms with Gasteiger partial charge in [0.1, 0.15) is 5.82 Å². The first-order chi connectivity index (χ1) is 12.7. The van der Waals surface area contributed by atoms with Crippen LogP contribution in [0.5, 0.6) is 0 Å². The van der Waals surface area contributed by atoms with Crippen molar-refractivity contribution in [3.8, 4) is 0 Å². The number of aromatic nitrogens is 4. The van der Waals surface area contributed by atoms with Gasteiger partial charge in [-0.2, -0.15) is 5.10 Å². The maximum atomic E-state index is 12.2. The largest absolute Gasteiger partial charge is 0.356 e. The van der Waals surface area contributed by atoms with Gasteiger partial charge in [-0.1, -0.05) is 30.3 Å². The highest BCUT2D eigenvalue weighted by molar-refractivity contribution is 5.87. The maximum absolute atomic E-state index is 12.2. The second kappa shape index (κ2) is 7.00. The molecule has 2 aromatic carbocycles. The molecule has 0 unspecified atom stereocenters. The zero-order valence-corrected chi connectivity index (χ0v) is 14.7. The molecule has 6 nitrogen and oxygen atoms in total. The van der Waals surface area contributed by atoms with Crippen LogP contribution in [0.15, 0.2) is 48.5 Å². The molecule has 4 rings (SSSR count). The van der Waals surface area contributed by atoms with Crippen LogP contribution < -0.4 is 5.32 Å². The molecule has 0 atom stereocenters. The van der Waals surface area contributed by atoms with Gasteiger partial charge < -0.3 is 9.88 Å². The number of fused-ring (bicyclic) bond motifs is 2. The first-order valence-electron chi connectivity index (χ1n) is 8.81. The number of H-pyrrole nitrogens is 1. The molecule has 0 fully saturated rings. The van der Waals surface area contributed by atoms with Gasteiger partial charge in [0.15, 0.2) is 0 Å². The van der Waals surface area contributed by atoms with Gasteiger partial charge >= 0.3 is 0 Å². The SMILES string of the molecule is Cn1c(CCCNC(=O)Cc2[nH]nc3ccccc23)nc2ccccc21. The Bertz CT molecular complexity index is 1060. The van der Waals surface area contributed by atoms with Crippen molar-refractivity contribution in [1.82, 2.24) is 25.1 Å². The second-order valence-electron chi connectivity index (χ2n) is 6.43. The van der Waals surface area contributed by atoms with Crippen molar-refractivity contribution in [1.29, 1.82) is 0 Å². The third kappa shape index (κ3) is 3.18. The number of hydrogen-bond acceptors (Lipinski definition) is 3. The van der Waals surface area contributed by atoms with E-state index in [9.17, 15) is 4.79 Å². The Morgan fingerprint density at radius 3 is 2.73 bits per heavy atom. The summed E-state index contributed by atoms with van der Waals surface area (Å²) >= 11 is 0. The zero-order chi connectivity index (χ0) is 17.9. The molecule has 0 aliphatic carbocycles. The summed E-state index contributed by atoms with van der Waals surface area (Å²) in [4.78, 5) is 16.9. The van der Waals surface area contributed by atoms with Crippen LogP contribution in [0.3, 0.4) is 0 Å². The molecule has 0 aliphatic rings. The van der Waals surface area contributed by atoms with E-state index in [0.717, 1.165) is 46.3 Å². The van der Waals surface area contributed by atoms with Crippen LogP contribution in [0.2, 0.25) is 0 Å². The second-order valence-corrected chi connectivity index (χ2v) is 6.43. The van der Waals surface area contributed by atoms with E-state index in [1.807, 2.05) is 49.5 Å². The number of nitrogens with zero attached hydrogens (tertiary/aromatic N) is 3. The van der Waals surface area contributed by atoms with Gasteiger partial charge in [-0.15, -0.1) is 0 Å². The predicted octanol–water partition coefficient (Wildman–Crippen LogP) is 2.74. The third-order valence-corrected chi connectivity index (χ3v) is 4.66. The highest BCUT2D eigenvalue weighted by Gasteiger charge is 2.10. The molecule has 1 amide bonds. The number of rotatable bonds is 6. The Hall–Kier alpha value is -3.15. The lowest BCUT2D eigenvalue weighted by atomic mass is 10.1. The van der Waals surface area contributed by atoms with Crippen LogP contribution in [0.25, 0.3) is 21.9 Å². The van der Waals surface area contributed by atoms with Gasteiger partial charge in [-0.05, 0) is 24.6 Å². The number of amides is 1. The molecular weight excluding hydrogens is 326 g/mol. The summed E-state index contributed by atoms with van der Waals surface area (Å²) in [5, 5.41) is 11.2. The molecule has 6 heteroatoms. The van der Waals surface area contributed by atoms with Gasteiger partial charge in [0.05, 0.1) is 28.7 Å². The van der Waals surface area contributed by atoms with Crippen molar-refractivity contribution < 1.29 is 4.79 Å². The van der Waals surface area contributed by atoms with Crippen LogP contribution >= 0.6 is 0 Å². The summed E-state index contributed by atoms with van der Waals surface area (Å²) in [7, 11) is 2.03. The summed E-state index contributed by atoms with van der Waals surface area (Å²) in [6.45, 7) is 0.633. The van der Waals surface area contributed by atoms with E-state index in [2.05, 4.69) is 31.1 Å². The van der Waals surface area contributed by atoms with Crippen LogP contribution in [0, 0.1) is 0 Å². The molecule has 2 aromatic heterocycles. The quantitative estimate of drug-likeness (QED) is 0.527. The average molecular weight is 347 g/mol. The molecule has 0 saturated carbocycles. The Kier molecular flexibility index (Phi) is 4.39. The maximum Gasteiger partial charge on any atom is 0.226 e. The van der Waals surface area contributed by atoms with Crippen molar-refractivity contribution in [2.75, 3.05) is 6.54 Å². The van der Waals surface area contributed by atoms with Crippen LogP contribution in [-0.2, 0) is 24.7 Å². The van der Waals surface area contributed by atoms with Crippen LogP contribution in [0.4, 0.5) is 0 Å². The molecule has 0 spiro atoms. The van der Waals surface area contributed by atoms with Crippen molar-refractivity contribution in [3.63, 3.8) is 0 Å². The summed E-state index contributed by atoms with van der Waals surface area (Å²) in [6, 6.07) is 15.9. The van der Waals surface area contributed by atoms with Gasteiger partial charge in [-0.3, -0.25) is 9.89 Å². The fourth-order valence-corrected chi connectivity index (χ4v) is 3.27. The van der Waals surface area contributed by atoms with E-state index in [1.54, 1.807) is 0 Å². The number of imidazole rings is 1. The van der Waals surface area contributed by atoms with E-state index in [4.69, 9.17) is 0 Å². The number of aromatic amines is 1. The number of carbonyl (C=O) groups is 1. The molecule has 0 bridgehead atoms.